The van der Waals surface area contributed by atoms with Crippen LogP contribution in [0.3, 0.4) is 0 Å². The lowest BCUT2D eigenvalue weighted by molar-refractivity contribution is 0.0446. The SMILES string of the molecule is OC(COc1ccc(F)cc1)CN1CCN(Cc2ccc(Cl)cc2)CC1. The lowest BCUT2D eigenvalue weighted by Crippen LogP contribution is -2.48. The van der Waals surface area contributed by atoms with Crippen molar-refractivity contribution in [3.8, 4) is 5.75 Å². The van der Waals surface area contributed by atoms with Gasteiger partial charge >= 0.3 is 0 Å². The quantitative estimate of drug-likeness (QED) is 0.803. The van der Waals surface area contributed by atoms with E-state index in [-0.39, 0.29) is 12.4 Å². The van der Waals surface area contributed by atoms with Crippen molar-refractivity contribution in [1.82, 2.24) is 9.80 Å². The Labute approximate surface area is 158 Å². The minimum atomic E-state index is -0.567. The molecular formula is C20H24ClFN2O2. The average Bonchev–Trinajstić information content (AvgIpc) is 2.65. The third-order valence-electron chi connectivity index (χ3n) is 4.51. The zero-order chi connectivity index (χ0) is 18.4. The summed E-state index contributed by atoms with van der Waals surface area (Å²) in [7, 11) is 0. The maximum Gasteiger partial charge on any atom is 0.123 e. The lowest BCUT2D eigenvalue weighted by atomic mass is 10.2. The van der Waals surface area contributed by atoms with E-state index < -0.39 is 6.10 Å². The molecule has 3 rings (SSSR count). The van der Waals surface area contributed by atoms with Gasteiger partial charge in [0.15, 0.2) is 0 Å². The van der Waals surface area contributed by atoms with Gasteiger partial charge in [-0.25, -0.2) is 4.39 Å². The summed E-state index contributed by atoms with van der Waals surface area (Å²) in [6, 6.07) is 13.8. The highest BCUT2D eigenvalue weighted by Gasteiger charge is 2.19. The summed E-state index contributed by atoms with van der Waals surface area (Å²) in [5.41, 5.74) is 1.26. The molecule has 0 radical (unpaired) electrons. The van der Waals surface area contributed by atoms with E-state index in [1.54, 1.807) is 12.1 Å². The van der Waals surface area contributed by atoms with Crippen LogP contribution in [0.5, 0.6) is 5.75 Å². The fourth-order valence-corrected chi connectivity index (χ4v) is 3.18. The van der Waals surface area contributed by atoms with Crippen molar-refractivity contribution in [3.05, 3.63) is 64.9 Å². The first kappa shape index (κ1) is 19.1. The summed E-state index contributed by atoms with van der Waals surface area (Å²) >= 11 is 5.92. The minimum Gasteiger partial charge on any atom is -0.491 e. The first-order chi connectivity index (χ1) is 12.6. The normalized spacial score (nSPS) is 17.2. The van der Waals surface area contributed by atoms with Crippen molar-refractivity contribution in [3.63, 3.8) is 0 Å². The van der Waals surface area contributed by atoms with E-state index in [1.807, 2.05) is 12.1 Å². The number of benzene rings is 2. The average molecular weight is 379 g/mol. The molecule has 2 aromatic carbocycles. The third-order valence-corrected chi connectivity index (χ3v) is 4.76. The fourth-order valence-electron chi connectivity index (χ4n) is 3.05. The predicted molar refractivity (Wildman–Crippen MR) is 101 cm³/mol. The van der Waals surface area contributed by atoms with E-state index >= 15 is 0 Å². The van der Waals surface area contributed by atoms with Crippen molar-refractivity contribution >= 4 is 11.6 Å². The zero-order valence-electron chi connectivity index (χ0n) is 14.7. The van der Waals surface area contributed by atoms with Gasteiger partial charge in [-0.2, -0.15) is 0 Å². The van der Waals surface area contributed by atoms with Crippen molar-refractivity contribution in [2.75, 3.05) is 39.3 Å². The minimum absolute atomic E-state index is 0.205. The number of halogens is 2. The molecule has 2 aromatic rings. The highest BCUT2D eigenvalue weighted by atomic mass is 35.5. The summed E-state index contributed by atoms with van der Waals surface area (Å²) < 4.78 is 18.4. The van der Waals surface area contributed by atoms with E-state index in [2.05, 4.69) is 21.9 Å². The molecule has 0 saturated carbocycles. The summed E-state index contributed by atoms with van der Waals surface area (Å²) in [5.74, 6) is 0.271. The molecule has 1 atom stereocenters. The van der Waals surface area contributed by atoms with Gasteiger partial charge in [0.1, 0.15) is 24.3 Å². The standard InChI is InChI=1S/C20H24ClFN2O2/c21-17-3-1-16(2-4-17)13-23-9-11-24(12-10-23)14-19(25)15-26-20-7-5-18(22)6-8-20/h1-8,19,25H,9-15H2. The highest BCUT2D eigenvalue weighted by Crippen LogP contribution is 2.14. The van der Waals surface area contributed by atoms with Crippen molar-refractivity contribution in [2.24, 2.45) is 0 Å². The molecule has 0 spiro atoms. The van der Waals surface area contributed by atoms with Crippen LogP contribution < -0.4 is 4.74 Å². The monoisotopic (exact) mass is 378 g/mol. The Morgan fingerprint density at radius 1 is 0.962 bits per heavy atom. The van der Waals surface area contributed by atoms with Gasteiger partial charge in [-0.05, 0) is 42.0 Å². The molecule has 0 amide bonds. The summed E-state index contributed by atoms with van der Waals surface area (Å²) in [4.78, 5) is 4.65. The molecule has 1 saturated heterocycles. The molecule has 0 aromatic heterocycles. The molecule has 6 heteroatoms. The van der Waals surface area contributed by atoms with Crippen LogP contribution in [0.15, 0.2) is 48.5 Å². The van der Waals surface area contributed by atoms with Crippen LogP contribution in [-0.4, -0.2) is 60.3 Å². The third kappa shape index (κ3) is 5.95. The van der Waals surface area contributed by atoms with Gasteiger partial charge in [0.25, 0.3) is 0 Å². The van der Waals surface area contributed by atoms with E-state index in [9.17, 15) is 9.50 Å². The van der Waals surface area contributed by atoms with Crippen LogP contribution in [0.4, 0.5) is 4.39 Å². The largest absolute Gasteiger partial charge is 0.491 e. The number of hydrogen-bond donors (Lipinski definition) is 1. The number of aliphatic hydroxyl groups excluding tert-OH is 1. The number of rotatable bonds is 7. The Morgan fingerprint density at radius 3 is 2.23 bits per heavy atom. The molecule has 1 aliphatic rings. The summed E-state index contributed by atoms with van der Waals surface area (Å²) in [5, 5.41) is 10.9. The van der Waals surface area contributed by atoms with Crippen LogP contribution in [0.2, 0.25) is 5.02 Å². The molecule has 1 heterocycles. The first-order valence-corrected chi connectivity index (χ1v) is 9.22. The molecule has 1 N–H and O–H groups in total. The van der Waals surface area contributed by atoms with Gasteiger partial charge in [-0.3, -0.25) is 9.80 Å². The molecule has 1 unspecified atom stereocenters. The summed E-state index contributed by atoms with van der Waals surface area (Å²) in [6.07, 6.45) is -0.567. The van der Waals surface area contributed by atoms with Crippen LogP contribution >= 0.6 is 11.6 Å². The van der Waals surface area contributed by atoms with Crippen LogP contribution in [0, 0.1) is 5.82 Å². The highest BCUT2D eigenvalue weighted by molar-refractivity contribution is 6.30. The topological polar surface area (TPSA) is 35.9 Å². The van der Waals surface area contributed by atoms with Gasteiger partial charge in [0, 0.05) is 44.3 Å². The van der Waals surface area contributed by atoms with Gasteiger partial charge in [0.05, 0.1) is 0 Å². The lowest BCUT2D eigenvalue weighted by Gasteiger charge is -2.35. The van der Waals surface area contributed by atoms with Crippen LogP contribution in [0.1, 0.15) is 5.56 Å². The second kappa shape index (κ2) is 9.33. The number of hydrogen-bond acceptors (Lipinski definition) is 4. The Morgan fingerprint density at radius 2 is 1.58 bits per heavy atom. The van der Waals surface area contributed by atoms with Crippen LogP contribution in [0.25, 0.3) is 0 Å². The van der Waals surface area contributed by atoms with E-state index in [0.717, 1.165) is 37.7 Å². The number of nitrogens with zero attached hydrogens (tertiary/aromatic N) is 2. The fraction of sp³-hybridized carbons (Fsp3) is 0.400. The van der Waals surface area contributed by atoms with Gasteiger partial charge in [-0.1, -0.05) is 23.7 Å². The Bertz CT molecular complexity index is 673. The van der Waals surface area contributed by atoms with Gasteiger partial charge < -0.3 is 9.84 Å². The molecule has 140 valence electrons. The molecule has 1 aliphatic heterocycles. The second-order valence-electron chi connectivity index (χ2n) is 6.62. The number of β-amino-alcohol motifs (C(OH)–C–C–N with tert-alkyl or cyclic N) is 1. The number of ether oxygens (including phenoxy) is 1. The Balaban J connectivity index is 1.36. The molecule has 1 fully saturated rings. The zero-order valence-corrected chi connectivity index (χ0v) is 15.4. The van der Waals surface area contributed by atoms with Crippen molar-refractivity contribution in [1.29, 1.82) is 0 Å². The predicted octanol–water partition coefficient (Wildman–Crippen LogP) is 3.04. The van der Waals surface area contributed by atoms with Crippen molar-refractivity contribution in [2.45, 2.75) is 12.6 Å². The Hall–Kier alpha value is -1.66. The summed E-state index contributed by atoms with van der Waals surface area (Å²) in [6.45, 7) is 5.47. The second-order valence-corrected chi connectivity index (χ2v) is 7.06. The molecular weight excluding hydrogens is 355 g/mol. The van der Waals surface area contributed by atoms with Crippen LogP contribution in [-0.2, 0) is 6.54 Å². The maximum absolute atomic E-state index is 12.9. The smallest absolute Gasteiger partial charge is 0.123 e. The van der Waals surface area contributed by atoms with E-state index in [0.29, 0.717) is 12.3 Å². The molecule has 26 heavy (non-hydrogen) atoms. The van der Waals surface area contributed by atoms with Gasteiger partial charge in [-0.15, -0.1) is 0 Å². The molecule has 0 aliphatic carbocycles. The van der Waals surface area contributed by atoms with E-state index in [1.165, 1.54) is 17.7 Å². The number of aliphatic hydroxyl groups is 1. The first-order valence-electron chi connectivity index (χ1n) is 8.84. The van der Waals surface area contributed by atoms with Crippen molar-refractivity contribution < 1.29 is 14.2 Å². The van der Waals surface area contributed by atoms with E-state index in [4.69, 9.17) is 16.3 Å². The molecule has 4 nitrogen and oxygen atoms in total. The Kier molecular flexibility index (Phi) is 6.86. The molecule has 0 bridgehead atoms. The number of piperazine rings is 1. The van der Waals surface area contributed by atoms with Gasteiger partial charge in [0.2, 0.25) is 0 Å². The maximum atomic E-state index is 12.9.